The van der Waals surface area contributed by atoms with E-state index in [9.17, 15) is 110 Å². The van der Waals surface area contributed by atoms with Gasteiger partial charge < -0.3 is 92.9 Å². The highest BCUT2D eigenvalue weighted by molar-refractivity contribution is 6.13. The molecule has 2 aliphatic heterocycles. The third kappa shape index (κ3) is 31.6. The number of benzene rings is 4. The quantitative estimate of drug-likeness (QED) is 0.0162. The molecule has 4 aromatic carbocycles. The van der Waals surface area contributed by atoms with Crippen LogP contribution in [0.2, 0.25) is 0 Å². The number of aromatic hydroxyl groups is 4. The fourth-order valence-corrected chi connectivity index (χ4v) is 15.9. The van der Waals surface area contributed by atoms with Crippen molar-refractivity contribution in [1.29, 1.82) is 0 Å². The fraction of sp³-hybridized carbons (Fsp3) is 0.385. The van der Waals surface area contributed by atoms with Gasteiger partial charge in [-0.05, 0) is 182 Å². The van der Waals surface area contributed by atoms with E-state index in [0.29, 0.717) is 114 Å². The first-order valence-electron chi connectivity index (χ1n) is 48.3. The number of carbonyl (C=O) groups is 8. The highest BCUT2D eigenvalue weighted by Gasteiger charge is 2.34. The number of pyridine rings is 8. The average Bonchev–Trinajstić information content (AvgIpc) is 0.779. The molecule has 0 bridgehead atoms. The molecule has 8 amide bonds. The molecule has 1 aliphatic carbocycles. The molecule has 2 saturated heterocycles. The standard InChI is InChI=1S/2C27H32FN5O5.C27H31FN4O4.C23H22F4N4O4/c2*1-2-20(34)16-31-27(37)24-25(35)22-21(14-18(15-30-22)13-17-3-5-19(28)6-4-17)23(32-24)26(36)29-7-8-33-9-11-38-12-10-33;1-2-20(33)15-30-26(35)24-25(34)22-21(23(32-24)27(36)31-19-6-4-3-5-7-19)13-17(14-29-22)12-16-8-10-18(28)11-9-16;1-2-15(32)10-29-22(35)19-20(33)17-16(18(31-19)21(34)30-11-23(25,26)27)8-13(9-28-17)7-12-3-5-14(24)6-4-12/h2*3-6,14-15,20,34-35H,2,7-13,16H2,1H3,(H,29,36)(H,31,37);8-11,13-14,19-20,33-34H,2-7,12,15H2,1H3,(H,30,35)(H,31,36);3-6,8-9,15,32-33H,2,7,10-11H2,1H3,(H,29,35)(H,30,34). The van der Waals surface area contributed by atoms with Crippen LogP contribution in [-0.4, -0.2) is 286 Å². The van der Waals surface area contributed by atoms with Crippen molar-refractivity contribution in [2.75, 3.05) is 112 Å². The van der Waals surface area contributed by atoms with Crippen LogP contribution in [0, 0.1) is 23.3 Å². The molecular weight excluding hydrogens is 1920 g/mol. The Labute approximate surface area is 840 Å². The van der Waals surface area contributed by atoms with E-state index in [4.69, 9.17) is 9.47 Å². The van der Waals surface area contributed by atoms with Gasteiger partial charge in [-0.15, -0.1) is 0 Å². The SMILES string of the molecule is CCC(O)CNC(=O)c1nc(C(=O)NC2CCCCC2)c2cc(Cc3ccc(F)cc3)cnc2c1O.CCC(O)CNC(=O)c1nc(C(=O)NCC(F)(F)F)c2cc(Cc3ccc(F)cc3)cnc2c1O.CCC(O)CNC(=O)c1nc(C(=O)NCCN2CCOCC2)c2cc(Cc3ccc(F)cc3)cnc2c1O.CCC(O)CNC(=O)c1nc(C(=O)NCCN2CCOCC2)c2cc(Cc3ccc(F)cc3)cnc2c1O. The van der Waals surface area contributed by atoms with Crippen LogP contribution in [-0.2, 0) is 35.2 Å². The number of amides is 8. The Hall–Kier alpha value is -14.7. The third-order valence-corrected chi connectivity index (χ3v) is 24.4. The Morgan fingerprint density at radius 1 is 0.347 bits per heavy atom. The second-order valence-electron chi connectivity index (χ2n) is 35.4. The normalized spacial score (nSPS) is 14.3. The Balaban J connectivity index is 0.000000174. The molecule has 12 aromatic rings. The monoisotopic (exact) mass is 2040 g/mol. The molecular formula is C104H117F7N18O18. The summed E-state index contributed by atoms with van der Waals surface area (Å²) in [7, 11) is 0. The van der Waals surface area contributed by atoms with E-state index >= 15 is 0 Å². The molecule has 1 saturated carbocycles. The molecule has 4 unspecified atom stereocenters. The number of hydrogen-bond acceptors (Lipinski definition) is 28. The Morgan fingerprint density at radius 2 is 0.592 bits per heavy atom. The zero-order valence-electron chi connectivity index (χ0n) is 81.2. The van der Waals surface area contributed by atoms with Gasteiger partial charge in [-0.1, -0.05) is 95.5 Å². The summed E-state index contributed by atoms with van der Waals surface area (Å²) >= 11 is 0. The van der Waals surface area contributed by atoms with Gasteiger partial charge in [0.05, 0.1) is 50.8 Å². The maximum atomic E-state index is 13.3. The summed E-state index contributed by atoms with van der Waals surface area (Å²) in [6, 6.07) is 30.3. The highest BCUT2D eigenvalue weighted by atomic mass is 19.4. The van der Waals surface area contributed by atoms with E-state index in [1.54, 1.807) is 93.8 Å². The summed E-state index contributed by atoms with van der Waals surface area (Å²) in [5, 5.41) is 103. The predicted molar refractivity (Wildman–Crippen MR) is 528 cm³/mol. The van der Waals surface area contributed by atoms with Crippen molar-refractivity contribution in [3.05, 3.63) is 259 Å². The topological polar surface area (TPSA) is 523 Å². The number of aliphatic hydroxyl groups is 4. The number of nitrogens with one attached hydrogen (secondary N) is 8. The van der Waals surface area contributed by atoms with Gasteiger partial charge in [0.1, 0.15) is 74.7 Å². The summed E-state index contributed by atoms with van der Waals surface area (Å²) in [5.74, 6) is -9.24. The zero-order chi connectivity index (χ0) is 106. The Morgan fingerprint density at radius 3 is 0.844 bits per heavy atom. The van der Waals surface area contributed by atoms with Crippen LogP contribution in [0.15, 0.2) is 146 Å². The lowest BCUT2D eigenvalue weighted by Crippen LogP contribution is -2.41. The summed E-state index contributed by atoms with van der Waals surface area (Å²) < 4.78 is 102. The van der Waals surface area contributed by atoms with Crippen molar-refractivity contribution in [1.82, 2.24) is 92.2 Å². The maximum Gasteiger partial charge on any atom is 0.405 e. The van der Waals surface area contributed by atoms with E-state index in [1.807, 2.05) is 0 Å². The van der Waals surface area contributed by atoms with Crippen molar-refractivity contribution in [3.63, 3.8) is 0 Å². The number of aromatic nitrogens is 8. The first-order chi connectivity index (χ1) is 70.5. The lowest BCUT2D eigenvalue weighted by Gasteiger charge is -2.26. The molecule has 16 N–H and O–H groups in total. The lowest BCUT2D eigenvalue weighted by atomic mass is 9.95. The lowest BCUT2D eigenvalue weighted by molar-refractivity contribution is -0.123. The minimum atomic E-state index is -4.69. The molecule has 15 rings (SSSR count). The molecule has 10 heterocycles. The number of halogens is 7. The van der Waals surface area contributed by atoms with Crippen molar-refractivity contribution in [2.24, 2.45) is 0 Å². The van der Waals surface area contributed by atoms with Crippen LogP contribution >= 0.6 is 0 Å². The largest absolute Gasteiger partial charge is 0.504 e. The van der Waals surface area contributed by atoms with E-state index in [1.165, 1.54) is 85.3 Å². The van der Waals surface area contributed by atoms with E-state index < -0.39 is 125 Å². The maximum absolute atomic E-state index is 13.3. The first kappa shape index (κ1) is 111. The number of hydrogen-bond donors (Lipinski definition) is 16. The summed E-state index contributed by atoms with van der Waals surface area (Å²) in [5.41, 5.74) is 3.60. The fourth-order valence-electron chi connectivity index (χ4n) is 15.9. The van der Waals surface area contributed by atoms with Crippen LogP contribution < -0.4 is 42.5 Å². The second-order valence-corrected chi connectivity index (χ2v) is 35.4. The highest BCUT2D eigenvalue weighted by Crippen LogP contribution is 2.36. The van der Waals surface area contributed by atoms with Crippen molar-refractivity contribution in [3.8, 4) is 23.0 Å². The summed E-state index contributed by atoms with van der Waals surface area (Å²) in [6.45, 7) is 12.8. The number of morpholine rings is 2. The molecule has 147 heavy (non-hydrogen) atoms. The van der Waals surface area contributed by atoms with Gasteiger partial charge in [0.25, 0.3) is 47.3 Å². The predicted octanol–water partition coefficient (Wildman–Crippen LogP) is 9.74. The van der Waals surface area contributed by atoms with Crippen LogP contribution in [0.4, 0.5) is 30.7 Å². The minimum Gasteiger partial charge on any atom is -0.504 e. The molecule has 8 aromatic heterocycles. The van der Waals surface area contributed by atoms with Gasteiger partial charge in [-0.3, -0.25) is 68.1 Å². The second kappa shape index (κ2) is 53.4. The molecule has 4 atom stereocenters. The molecule has 3 fully saturated rings. The van der Waals surface area contributed by atoms with Crippen LogP contribution in [0.1, 0.15) is 214 Å². The average molecular weight is 2040 g/mol. The van der Waals surface area contributed by atoms with Gasteiger partial charge in [-0.2, -0.15) is 13.2 Å². The molecule has 0 radical (unpaired) electrons. The molecule has 780 valence electrons. The zero-order valence-corrected chi connectivity index (χ0v) is 81.2. The first-order valence-corrected chi connectivity index (χ1v) is 48.3. The minimum absolute atomic E-state index is 0.00280. The number of aliphatic hydroxyl groups excluding tert-OH is 4. The van der Waals surface area contributed by atoms with Crippen LogP contribution in [0.25, 0.3) is 43.6 Å². The van der Waals surface area contributed by atoms with Crippen molar-refractivity contribution < 1.29 is 119 Å². The number of alkyl halides is 3. The van der Waals surface area contributed by atoms with Gasteiger partial charge in [0.15, 0.2) is 45.8 Å². The van der Waals surface area contributed by atoms with Gasteiger partial charge >= 0.3 is 6.18 Å². The molecule has 3 aliphatic rings. The van der Waals surface area contributed by atoms with Gasteiger partial charge in [0, 0.05) is 131 Å². The van der Waals surface area contributed by atoms with E-state index in [2.05, 4.69) is 86.9 Å². The van der Waals surface area contributed by atoms with Crippen LogP contribution in [0.3, 0.4) is 0 Å². The number of ether oxygens (including phenoxy) is 2. The summed E-state index contributed by atoms with van der Waals surface area (Å²) in [4.78, 5) is 142. The molecule has 36 nitrogen and oxygen atoms in total. The third-order valence-electron chi connectivity index (χ3n) is 24.4. The van der Waals surface area contributed by atoms with E-state index in [-0.39, 0.29) is 128 Å². The number of fused-ring (bicyclic) bond motifs is 4. The smallest absolute Gasteiger partial charge is 0.405 e. The Bertz CT molecular complexity index is 6410. The molecule has 43 heteroatoms. The van der Waals surface area contributed by atoms with Gasteiger partial charge in [-0.25, -0.2) is 37.5 Å². The van der Waals surface area contributed by atoms with Crippen LogP contribution in [0.5, 0.6) is 23.0 Å². The van der Waals surface area contributed by atoms with Gasteiger partial charge in [0.2, 0.25) is 0 Å². The molecule has 0 spiro atoms. The van der Waals surface area contributed by atoms with Crippen molar-refractivity contribution in [2.45, 2.75) is 148 Å². The number of nitrogens with zero attached hydrogens (tertiary/aromatic N) is 10. The summed E-state index contributed by atoms with van der Waals surface area (Å²) in [6.07, 6.45) is 6.28. The van der Waals surface area contributed by atoms with Crippen molar-refractivity contribution >= 4 is 90.9 Å². The number of carbonyl (C=O) groups excluding carboxylic acids is 8. The Kier molecular flexibility index (Phi) is 40.3. The number of rotatable bonds is 36. The van der Waals surface area contributed by atoms with E-state index in [0.717, 1.165) is 91.7 Å².